The third kappa shape index (κ3) is 3.11. The van der Waals surface area contributed by atoms with Crippen molar-refractivity contribution in [1.29, 1.82) is 0 Å². The molecule has 5 nitrogen and oxygen atoms in total. The Morgan fingerprint density at radius 1 is 1.33 bits per heavy atom. The lowest BCUT2D eigenvalue weighted by atomic mass is 10.2. The van der Waals surface area contributed by atoms with E-state index in [1.54, 1.807) is 12.3 Å². The monoisotopic (exact) mass is 308 g/mol. The summed E-state index contributed by atoms with van der Waals surface area (Å²) in [6.45, 7) is 4.06. The molecule has 0 radical (unpaired) electrons. The largest absolute Gasteiger partial charge is 0.377 e. The summed E-state index contributed by atoms with van der Waals surface area (Å²) in [5.41, 5.74) is 1.12. The number of rotatable bonds is 2. The zero-order chi connectivity index (χ0) is 14.8. The molecule has 0 aliphatic carbocycles. The molecule has 1 fully saturated rings. The van der Waals surface area contributed by atoms with E-state index in [1.807, 2.05) is 0 Å². The Bertz CT molecular complexity index is 655. The lowest BCUT2D eigenvalue weighted by Crippen LogP contribution is -2.44. The van der Waals surface area contributed by atoms with Gasteiger partial charge in [0.25, 0.3) is 0 Å². The van der Waals surface area contributed by atoms with Crippen LogP contribution in [0.3, 0.4) is 0 Å². The lowest BCUT2D eigenvalue weighted by Gasteiger charge is -2.34. The van der Waals surface area contributed by atoms with Gasteiger partial charge in [0, 0.05) is 24.4 Å². The van der Waals surface area contributed by atoms with E-state index in [1.165, 1.54) is 6.07 Å². The van der Waals surface area contributed by atoms with Gasteiger partial charge in [-0.05, 0) is 24.6 Å². The van der Waals surface area contributed by atoms with E-state index in [0.29, 0.717) is 30.3 Å². The number of anilines is 1. The fraction of sp³-hybridized carbons (Fsp3) is 0.357. The van der Waals surface area contributed by atoms with Gasteiger partial charge >= 0.3 is 0 Å². The van der Waals surface area contributed by atoms with Crippen molar-refractivity contribution in [3.05, 3.63) is 35.6 Å². The van der Waals surface area contributed by atoms with Crippen molar-refractivity contribution in [2.75, 3.05) is 24.7 Å². The summed E-state index contributed by atoms with van der Waals surface area (Å²) in [4.78, 5) is 14.4. The van der Waals surface area contributed by atoms with Gasteiger partial charge in [0.05, 0.1) is 31.1 Å². The van der Waals surface area contributed by atoms with E-state index in [0.717, 1.165) is 12.7 Å². The van der Waals surface area contributed by atoms with Crippen LogP contribution in [0.4, 0.5) is 10.2 Å². The lowest BCUT2D eigenvalue weighted by molar-refractivity contribution is 0.0985. The SMILES string of the molecule is CC1COCCN1c1cc(-c2cncc(F)c2)nc(Cl)n1. The summed E-state index contributed by atoms with van der Waals surface area (Å²) in [7, 11) is 0. The Hall–Kier alpha value is -1.79. The van der Waals surface area contributed by atoms with E-state index in [-0.39, 0.29) is 11.3 Å². The molecule has 2 aromatic rings. The van der Waals surface area contributed by atoms with E-state index >= 15 is 0 Å². The van der Waals surface area contributed by atoms with Crippen molar-refractivity contribution >= 4 is 17.4 Å². The van der Waals surface area contributed by atoms with Crippen molar-refractivity contribution < 1.29 is 9.13 Å². The number of nitrogens with zero attached hydrogens (tertiary/aromatic N) is 4. The van der Waals surface area contributed by atoms with Gasteiger partial charge in [-0.15, -0.1) is 0 Å². The predicted octanol–water partition coefficient (Wildman–Crippen LogP) is 2.56. The van der Waals surface area contributed by atoms with E-state index < -0.39 is 5.82 Å². The maximum Gasteiger partial charge on any atom is 0.224 e. The summed E-state index contributed by atoms with van der Waals surface area (Å²) in [6.07, 6.45) is 2.70. The Morgan fingerprint density at radius 2 is 2.19 bits per heavy atom. The van der Waals surface area contributed by atoms with E-state index in [2.05, 4.69) is 26.8 Å². The van der Waals surface area contributed by atoms with Crippen LogP contribution in [0, 0.1) is 5.82 Å². The highest BCUT2D eigenvalue weighted by molar-refractivity contribution is 6.28. The average Bonchev–Trinajstić information content (AvgIpc) is 2.47. The quantitative estimate of drug-likeness (QED) is 0.798. The third-order valence-corrected chi connectivity index (χ3v) is 3.52. The molecule has 0 N–H and O–H groups in total. The maximum atomic E-state index is 13.3. The highest BCUT2D eigenvalue weighted by atomic mass is 35.5. The first-order valence-electron chi connectivity index (χ1n) is 6.63. The van der Waals surface area contributed by atoms with Crippen LogP contribution < -0.4 is 4.90 Å². The Labute approximate surface area is 126 Å². The van der Waals surface area contributed by atoms with Crippen LogP contribution in [0.1, 0.15) is 6.92 Å². The number of pyridine rings is 1. The second-order valence-corrected chi connectivity index (χ2v) is 5.23. The maximum absolute atomic E-state index is 13.3. The second-order valence-electron chi connectivity index (χ2n) is 4.89. The summed E-state index contributed by atoms with van der Waals surface area (Å²) in [5.74, 6) is 0.300. The molecule has 3 heterocycles. The zero-order valence-electron chi connectivity index (χ0n) is 11.5. The van der Waals surface area contributed by atoms with Crippen molar-refractivity contribution in [1.82, 2.24) is 15.0 Å². The fourth-order valence-corrected chi connectivity index (χ4v) is 2.50. The normalized spacial score (nSPS) is 18.8. The van der Waals surface area contributed by atoms with Crippen molar-refractivity contribution in [3.63, 3.8) is 0 Å². The number of aromatic nitrogens is 3. The molecular weight excluding hydrogens is 295 g/mol. The van der Waals surface area contributed by atoms with Crippen LogP contribution in [0.15, 0.2) is 24.5 Å². The van der Waals surface area contributed by atoms with E-state index in [4.69, 9.17) is 16.3 Å². The van der Waals surface area contributed by atoms with Crippen LogP contribution in [0.25, 0.3) is 11.3 Å². The molecule has 1 unspecified atom stereocenters. The van der Waals surface area contributed by atoms with Crippen molar-refractivity contribution in [2.45, 2.75) is 13.0 Å². The molecule has 7 heteroatoms. The number of hydrogen-bond acceptors (Lipinski definition) is 5. The smallest absolute Gasteiger partial charge is 0.224 e. The minimum atomic E-state index is -0.413. The first-order chi connectivity index (χ1) is 10.1. The number of morpholine rings is 1. The van der Waals surface area contributed by atoms with E-state index in [9.17, 15) is 4.39 Å². The highest BCUT2D eigenvalue weighted by Gasteiger charge is 2.21. The summed E-state index contributed by atoms with van der Waals surface area (Å²) >= 11 is 6.01. The molecule has 1 saturated heterocycles. The van der Waals surface area contributed by atoms with Crippen LogP contribution in [0.2, 0.25) is 5.28 Å². The van der Waals surface area contributed by atoms with Gasteiger partial charge in [0.1, 0.15) is 11.6 Å². The molecule has 1 aliphatic heterocycles. The Balaban J connectivity index is 2.00. The van der Waals surface area contributed by atoms with Crippen molar-refractivity contribution in [3.8, 4) is 11.3 Å². The van der Waals surface area contributed by atoms with Crippen LogP contribution in [-0.2, 0) is 4.74 Å². The van der Waals surface area contributed by atoms with Gasteiger partial charge < -0.3 is 9.64 Å². The minimum Gasteiger partial charge on any atom is -0.377 e. The second kappa shape index (κ2) is 5.91. The molecule has 0 saturated carbocycles. The molecule has 2 aromatic heterocycles. The zero-order valence-corrected chi connectivity index (χ0v) is 12.2. The first kappa shape index (κ1) is 14.2. The summed E-state index contributed by atoms with van der Waals surface area (Å²) < 4.78 is 18.7. The third-order valence-electron chi connectivity index (χ3n) is 3.35. The fourth-order valence-electron chi connectivity index (χ4n) is 2.32. The molecule has 3 rings (SSSR count). The predicted molar refractivity (Wildman–Crippen MR) is 77.9 cm³/mol. The van der Waals surface area contributed by atoms with Gasteiger partial charge in [0.2, 0.25) is 5.28 Å². The summed E-state index contributed by atoms with van der Waals surface area (Å²) in [5, 5.41) is 0.130. The molecule has 0 bridgehead atoms. The molecule has 0 spiro atoms. The molecule has 1 aliphatic rings. The highest BCUT2D eigenvalue weighted by Crippen LogP contribution is 2.25. The van der Waals surface area contributed by atoms with Gasteiger partial charge in [-0.25, -0.2) is 14.4 Å². The molecule has 0 amide bonds. The van der Waals surface area contributed by atoms with Gasteiger partial charge in [-0.2, -0.15) is 0 Å². The summed E-state index contributed by atoms with van der Waals surface area (Å²) in [6, 6.07) is 3.37. The minimum absolute atomic E-state index is 0.130. The molecule has 21 heavy (non-hydrogen) atoms. The Kier molecular flexibility index (Phi) is 3.98. The van der Waals surface area contributed by atoms with Gasteiger partial charge in [-0.3, -0.25) is 4.98 Å². The molecular formula is C14H14ClFN4O. The van der Waals surface area contributed by atoms with Crippen LogP contribution in [-0.4, -0.2) is 40.8 Å². The Morgan fingerprint density at radius 3 is 2.95 bits per heavy atom. The molecule has 110 valence electrons. The van der Waals surface area contributed by atoms with Crippen molar-refractivity contribution in [2.24, 2.45) is 0 Å². The van der Waals surface area contributed by atoms with Gasteiger partial charge in [0.15, 0.2) is 0 Å². The van der Waals surface area contributed by atoms with Gasteiger partial charge in [-0.1, -0.05) is 0 Å². The molecule has 1 atom stereocenters. The topological polar surface area (TPSA) is 51.1 Å². The van der Waals surface area contributed by atoms with Crippen LogP contribution in [0.5, 0.6) is 0 Å². The molecule has 0 aromatic carbocycles. The number of hydrogen-bond donors (Lipinski definition) is 0. The van der Waals surface area contributed by atoms with Crippen LogP contribution >= 0.6 is 11.6 Å². The standard InChI is InChI=1S/C14H14ClFN4O/c1-9-8-21-3-2-20(9)13-5-12(18-14(15)19-13)10-4-11(16)7-17-6-10/h4-7,9H,2-3,8H2,1H3. The average molecular weight is 309 g/mol. The number of halogens is 2. The number of ether oxygens (including phenoxy) is 1. The first-order valence-corrected chi connectivity index (χ1v) is 7.01.